The van der Waals surface area contributed by atoms with Crippen LogP contribution in [0.5, 0.6) is 0 Å². The molecule has 0 saturated carbocycles. The summed E-state index contributed by atoms with van der Waals surface area (Å²) in [6.45, 7) is 2.09. The summed E-state index contributed by atoms with van der Waals surface area (Å²) in [6.07, 6.45) is 1.70. The summed E-state index contributed by atoms with van der Waals surface area (Å²) in [5.41, 5.74) is 2.49. The molecule has 0 spiro atoms. The van der Waals surface area contributed by atoms with Crippen LogP contribution in [0.2, 0.25) is 0 Å². The topological polar surface area (TPSA) is 25.2 Å². The molecule has 0 amide bonds. The molecule has 1 atom stereocenters. The fraction of sp³-hybridized carbons (Fsp3) is 0.231. The van der Waals surface area contributed by atoms with Crippen LogP contribution in [-0.4, -0.2) is 7.05 Å². The van der Waals surface area contributed by atoms with Crippen molar-refractivity contribution in [3.8, 4) is 0 Å². The first-order valence-corrected chi connectivity index (χ1v) is 5.08. The van der Waals surface area contributed by atoms with Crippen molar-refractivity contribution in [3.05, 3.63) is 59.5 Å². The van der Waals surface area contributed by atoms with Crippen molar-refractivity contribution in [2.75, 3.05) is 7.05 Å². The minimum atomic E-state index is 0.139. The number of benzene rings is 1. The molecule has 1 N–H and O–H groups in total. The number of aryl methyl sites for hydroxylation is 1. The normalized spacial score (nSPS) is 12.7. The summed E-state index contributed by atoms with van der Waals surface area (Å²) in [6, 6.07) is 12.5. The highest BCUT2D eigenvalue weighted by atomic mass is 16.3. The third-order valence-corrected chi connectivity index (χ3v) is 2.53. The minimum Gasteiger partial charge on any atom is -0.467 e. The molecule has 0 saturated heterocycles. The van der Waals surface area contributed by atoms with Gasteiger partial charge in [-0.15, -0.1) is 0 Å². The van der Waals surface area contributed by atoms with E-state index in [0.717, 1.165) is 5.76 Å². The molecule has 1 aromatic heterocycles. The van der Waals surface area contributed by atoms with Crippen molar-refractivity contribution in [1.82, 2.24) is 5.32 Å². The zero-order chi connectivity index (χ0) is 10.7. The summed E-state index contributed by atoms with van der Waals surface area (Å²) >= 11 is 0. The number of nitrogens with one attached hydrogen (secondary N) is 1. The minimum absolute atomic E-state index is 0.139. The molecule has 1 heterocycles. The quantitative estimate of drug-likeness (QED) is 0.826. The van der Waals surface area contributed by atoms with Crippen LogP contribution >= 0.6 is 0 Å². The van der Waals surface area contributed by atoms with Gasteiger partial charge in [-0.3, -0.25) is 0 Å². The molecule has 2 heteroatoms. The van der Waals surface area contributed by atoms with Crippen LogP contribution in [0.4, 0.5) is 0 Å². The molecule has 0 bridgehead atoms. The molecular formula is C13H15NO. The highest BCUT2D eigenvalue weighted by Gasteiger charge is 2.13. The molecule has 2 nitrogen and oxygen atoms in total. The Balaban J connectivity index is 2.31. The lowest BCUT2D eigenvalue weighted by Gasteiger charge is -2.14. The molecule has 78 valence electrons. The Morgan fingerprint density at radius 3 is 2.40 bits per heavy atom. The molecule has 1 aromatic carbocycles. The second-order valence-corrected chi connectivity index (χ2v) is 3.65. The maximum atomic E-state index is 5.41. The summed E-state index contributed by atoms with van der Waals surface area (Å²) in [4.78, 5) is 0. The van der Waals surface area contributed by atoms with E-state index in [4.69, 9.17) is 4.42 Å². The van der Waals surface area contributed by atoms with E-state index in [1.807, 2.05) is 19.2 Å². The van der Waals surface area contributed by atoms with Crippen LogP contribution < -0.4 is 5.32 Å². The molecule has 0 aliphatic carbocycles. The third kappa shape index (κ3) is 2.10. The van der Waals surface area contributed by atoms with Gasteiger partial charge in [-0.05, 0) is 31.7 Å². The van der Waals surface area contributed by atoms with Gasteiger partial charge in [0, 0.05) is 0 Å². The van der Waals surface area contributed by atoms with Crippen molar-refractivity contribution in [2.45, 2.75) is 13.0 Å². The van der Waals surface area contributed by atoms with Gasteiger partial charge >= 0.3 is 0 Å². The van der Waals surface area contributed by atoms with Crippen LogP contribution in [0, 0.1) is 6.92 Å². The lowest BCUT2D eigenvalue weighted by molar-refractivity contribution is 0.463. The van der Waals surface area contributed by atoms with Gasteiger partial charge in [-0.2, -0.15) is 0 Å². The molecule has 0 radical (unpaired) electrons. The Bertz CT molecular complexity index is 403. The van der Waals surface area contributed by atoms with Gasteiger partial charge in [0.05, 0.1) is 12.3 Å². The Labute approximate surface area is 89.9 Å². The average molecular weight is 201 g/mol. The number of hydrogen-bond acceptors (Lipinski definition) is 2. The first kappa shape index (κ1) is 9.99. The Morgan fingerprint density at radius 1 is 1.13 bits per heavy atom. The van der Waals surface area contributed by atoms with Gasteiger partial charge < -0.3 is 9.73 Å². The van der Waals surface area contributed by atoms with E-state index in [2.05, 4.69) is 36.5 Å². The predicted molar refractivity (Wildman–Crippen MR) is 60.8 cm³/mol. The van der Waals surface area contributed by atoms with E-state index in [-0.39, 0.29) is 6.04 Å². The van der Waals surface area contributed by atoms with Gasteiger partial charge in [-0.25, -0.2) is 0 Å². The molecule has 0 aliphatic rings. The van der Waals surface area contributed by atoms with Crippen LogP contribution in [0.1, 0.15) is 22.9 Å². The fourth-order valence-corrected chi connectivity index (χ4v) is 1.69. The second-order valence-electron chi connectivity index (χ2n) is 3.65. The summed E-state index contributed by atoms with van der Waals surface area (Å²) < 4.78 is 5.41. The standard InChI is InChI=1S/C13H15NO/c1-10-5-7-11(8-6-10)13(14-2)12-4-3-9-15-12/h3-9,13-14H,1-2H3. The highest BCUT2D eigenvalue weighted by Crippen LogP contribution is 2.22. The van der Waals surface area contributed by atoms with Crippen LogP contribution in [0.3, 0.4) is 0 Å². The van der Waals surface area contributed by atoms with E-state index in [9.17, 15) is 0 Å². The first-order chi connectivity index (χ1) is 7.31. The zero-order valence-corrected chi connectivity index (χ0v) is 9.03. The van der Waals surface area contributed by atoms with Crippen LogP contribution in [-0.2, 0) is 0 Å². The van der Waals surface area contributed by atoms with E-state index < -0.39 is 0 Å². The third-order valence-electron chi connectivity index (χ3n) is 2.53. The average Bonchev–Trinajstić information content (AvgIpc) is 2.75. The first-order valence-electron chi connectivity index (χ1n) is 5.08. The van der Waals surface area contributed by atoms with Gasteiger partial charge in [0.1, 0.15) is 5.76 Å². The molecule has 1 unspecified atom stereocenters. The van der Waals surface area contributed by atoms with Crippen LogP contribution in [0.25, 0.3) is 0 Å². The maximum absolute atomic E-state index is 5.41. The lowest BCUT2D eigenvalue weighted by atomic mass is 10.0. The predicted octanol–water partition coefficient (Wildman–Crippen LogP) is 2.90. The van der Waals surface area contributed by atoms with Crippen LogP contribution in [0.15, 0.2) is 47.1 Å². The summed E-state index contributed by atoms with van der Waals surface area (Å²) in [5, 5.41) is 3.25. The fourth-order valence-electron chi connectivity index (χ4n) is 1.69. The Morgan fingerprint density at radius 2 is 1.87 bits per heavy atom. The van der Waals surface area contributed by atoms with Gasteiger partial charge in [0.2, 0.25) is 0 Å². The smallest absolute Gasteiger partial charge is 0.125 e. The molecule has 2 rings (SSSR count). The summed E-state index contributed by atoms with van der Waals surface area (Å²) in [5.74, 6) is 0.946. The lowest BCUT2D eigenvalue weighted by Crippen LogP contribution is -2.16. The number of hydrogen-bond donors (Lipinski definition) is 1. The second kappa shape index (κ2) is 4.32. The van der Waals surface area contributed by atoms with E-state index in [0.29, 0.717) is 0 Å². The Kier molecular flexibility index (Phi) is 2.88. The van der Waals surface area contributed by atoms with Crippen molar-refractivity contribution >= 4 is 0 Å². The maximum Gasteiger partial charge on any atom is 0.125 e. The van der Waals surface area contributed by atoms with Crippen molar-refractivity contribution in [1.29, 1.82) is 0 Å². The largest absolute Gasteiger partial charge is 0.467 e. The summed E-state index contributed by atoms with van der Waals surface area (Å²) in [7, 11) is 1.94. The number of rotatable bonds is 3. The monoisotopic (exact) mass is 201 g/mol. The molecular weight excluding hydrogens is 186 g/mol. The van der Waals surface area contributed by atoms with Crippen molar-refractivity contribution in [2.24, 2.45) is 0 Å². The number of furan rings is 1. The van der Waals surface area contributed by atoms with Crippen molar-refractivity contribution in [3.63, 3.8) is 0 Å². The highest BCUT2D eigenvalue weighted by molar-refractivity contribution is 5.29. The van der Waals surface area contributed by atoms with Gasteiger partial charge in [0.25, 0.3) is 0 Å². The van der Waals surface area contributed by atoms with Gasteiger partial charge in [-0.1, -0.05) is 29.8 Å². The van der Waals surface area contributed by atoms with E-state index >= 15 is 0 Å². The zero-order valence-electron chi connectivity index (χ0n) is 9.03. The Hall–Kier alpha value is -1.54. The van der Waals surface area contributed by atoms with E-state index in [1.54, 1.807) is 6.26 Å². The van der Waals surface area contributed by atoms with Crippen molar-refractivity contribution < 1.29 is 4.42 Å². The SMILES string of the molecule is CNC(c1ccc(C)cc1)c1ccco1. The van der Waals surface area contributed by atoms with E-state index in [1.165, 1.54) is 11.1 Å². The molecule has 0 fully saturated rings. The molecule has 0 aliphatic heterocycles. The molecule has 2 aromatic rings. The van der Waals surface area contributed by atoms with Gasteiger partial charge in [0.15, 0.2) is 0 Å². The molecule has 15 heavy (non-hydrogen) atoms.